The topological polar surface area (TPSA) is 59.1 Å². The van der Waals surface area contributed by atoms with Crippen LogP contribution in [0.2, 0.25) is 0 Å². The lowest BCUT2D eigenvalue weighted by Crippen LogP contribution is -2.58. The van der Waals surface area contributed by atoms with E-state index in [0.29, 0.717) is 26.2 Å². The van der Waals surface area contributed by atoms with Crippen LogP contribution in [0.15, 0.2) is 0 Å². The summed E-state index contributed by atoms with van der Waals surface area (Å²) in [6.07, 6.45) is -0.179. The van der Waals surface area contributed by atoms with Crippen molar-refractivity contribution in [1.82, 2.24) is 8.61 Å². The van der Waals surface area contributed by atoms with Crippen molar-refractivity contribution in [3.8, 4) is 0 Å². The Bertz CT molecular complexity index is 404. The van der Waals surface area contributed by atoms with Gasteiger partial charge in [-0.2, -0.15) is 17.0 Å². The lowest BCUT2D eigenvalue weighted by Gasteiger charge is -2.41. The molecular weight excluding hydrogens is 268 g/mol. The lowest BCUT2D eigenvalue weighted by molar-refractivity contribution is -0.0507. The lowest BCUT2D eigenvalue weighted by atomic mass is 10.2. The number of rotatable bonds is 2. The van der Waals surface area contributed by atoms with Crippen molar-refractivity contribution in [1.29, 1.82) is 0 Å². The van der Waals surface area contributed by atoms with Crippen LogP contribution in [0.25, 0.3) is 0 Å². The predicted molar refractivity (Wildman–Crippen MR) is 72.1 cm³/mol. The first kappa shape index (κ1) is 15.2. The third-order valence-corrected chi connectivity index (χ3v) is 5.61. The summed E-state index contributed by atoms with van der Waals surface area (Å²) in [6, 6.07) is -0.116. The minimum Gasteiger partial charge on any atom is -0.375 e. The van der Waals surface area contributed by atoms with Gasteiger partial charge in [-0.1, -0.05) is 0 Å². The molecule has 2 rings (SSSR count). The van der Waals surface area contributed by atoms with Gasteiger partial charge in [0.05, 0.1) is 24.9 Å². The second-order valence-electron chi connectivity index (χ2n) is 5.64. The zero-order chi connectivity index (χ0) is 14.2. The largest absolute Gasteiger partial charge is 0.375 e. The molecule has 112 valence electrons. The first-order chi connectivity index (χ1) is 8.80. The Kier molecular flexibility index (Phi) is 4.52. The maximum Gasteiger partial charge on any atom is 0.282 e. The number of hydrogen-bond donors (Lipinski definition) is 0. The predicted octanol–water partition coefficient (Wildman–Crippen LogP) is 0.450. The highest BCUT2D eigenvalue weighted by molar-refractivity contribution is 7.86. The third kappa shape index (κ3) is 3.28. The first-order valence-corrected chi connectivity index (χ1v) is 8.24. The Morgan fingerprint density at radius 2 is 1.53 bits per heavy atom. The average molecular weight is 292 g/mol. The van der Waals surface area contributed by atoms with Crippen molar-refractivity contribution in [3.05, 3.63) is 0 Å². The Morgan fingerprint density at radius 3 is 2.11 bits per heavy atom. The summed E-state index contributed by atoms with van der Waals surface area (Å²) in [5.41, 5.74) is 0. The van der Waals surface area contributed by atoms with Crippen LogP contribution < -0.4 is 0 Å². The van der Waals surface area contributed by atoms with Crippen LogP contribution >= 0.6 is 0 Å². The van der Waals surface area contributed by atoms with Gasteiger partial charge in [-0.15, -0.1) is 0 Å². The summed E-state index contributed by atoms with van der Waals surface area (Å²) in [5, 5.41) is 0. The molecule has 0 aliphatic carbocycles. The van der Waals surface area contributed by atoms with Gasteiger partial charge in [-0.3, -0.25) is 0 Å². The highest BCUT2D eigenvalue weighted by Crippen LogP contribution is 2.22. The minimum atomic E-state index is -3.43. The standard InChI is InChI=1S/C12H24N2O4S/c1-9-8-17-10(2)7-14(9)19(15,16)13-5-11(3)18-12(4)6-13/h9-12H,5-8H2,1-4H3/t9-,10-,11-,12+/m1/s1. The Morgan fingerprint density at radius 1 is 0.947 bits per heavy atom. The summed E-state index contributed by atoms with van der Waals surface area (Å²) in [6.45, 7) is 9.32. The molecule has 0 saturated carbocycles. The van der Waals surface area contributed by atoms with Crippen LogP contribution in [0.4, 0.5) is 0 Å². The molecule has 2 heterocycles. The normalized spacial score (nSPS) is 39.4. The van der Waals surface area contributed by atoms with Gasteiger partial charge in [-0.25, -0.2) is 0 Å². The number of hydrogen-bond acceptors (Lipinski definition) is 4. The fraction of sp³-hybridized carbons (Fsp3) is 1.00. The maximum atomic E-state index is 12.7. The van der Waals surface area contributed by atoms with Gasteiger partial charge in [0.25, 0.3) is 10.2 Å². The van der Waals surface area contributed by atoms with E-state index in [1.165, 1.54) is 0 Å². The van der Waals surface area contributed by atoms with Crippen LogP contribution in [0.5, 0.6) is 0 Å². The highest BCUT2D eigenvalue weighted by Gasteiger charge is 2.39. The van der Waals surface area contributed by atoms with Crippen LogP contribution in [0.3, 0.4) is 0 Å². The van der Waals surface area contributed by atoms with Gasteiger partial charge >= 0.3 is 0 Å². The summed E-state index contributed by atoms with van der Waals surface area (Å²) in [5.74, 6) is 0. The molecule has 7 heteroatoms. The van der Waals surface area contributed by atoms with Crippen molar-refractivity contribution in [3.63, 3.8) is 0 Å². The average Bonchev–Trinajstić information content (AvgIpc) is 2.31. The first-order valence-electron chi connectivity index (χ1n) is 6.84. The quantitative estimate of drug-likeness (QED) is 0.741. The molecule has 0 spiro atoms. The van der Waals surface area contributed by atoms with E-state index in [1.54, 1.807) is 8.61 Å². The van der Waals surface area contributed by atoms with Gasteiger partial charge in [-0.05, 0) is 27.7 Å². The smallest absolute Gasteiger partial charge is 0.282 e. The van der Waals surface area contributed by atoms with Crippen molar-refractivity contribution in [2.75, 3.05) is 26.2 Å². The fourth-order valence-corrected chi connectivity index (χ4v) is 4.67. The van der Waals surface area contributed by atoms with E-state index in [2.05, 4.69) is 0 Å². The molecule has 0 aromatic carbocycles. The molecule has 19 heavy (non-hydrogen) atoms. The van der Waals surface area contributed by atoms with E-state index in [1.807, 2.05) is 27.7 Å². The molecule has 2 fully saturated rings. The molecule has 0 radical (unpaired) electrons. The molecule has 0 unspecified atom stereocenters. The molecule has 0 aromatic heterocycles. The molecule has 0 aromatic rings. The van der Waals surface area contributed by atoms with E-state index >= 15 is 0 Å². The van der Waals surface area contributed by atoms with Crippen LogP contribution in [-0.2, 0) is 19.7 Å². The second kappa shape index (κ2) is 5.65. The second-order valence-corrected chi connectivity index (χ2v) is 7.53. The Hall–Kier alpha value is -0.210. The van der Waals surface area contributed by atoms with Gasteiger partial charge in [0.2, 0.25) is 0 Å². The summed E-state index contributed by atoms with van der Waals surface area (Å²) in [7, 11) is -3.43. The maximum absolute atomic E-state index is 12.7. The van der Waals surface area contributed by atoms with Crippen molar-refractivity contribution >= 4 is 10.2 Å². The van der Waals surface area contributed by atoms with E-state index < -0.39 is 10.2 Å². The van der Waals surface area contributed by atoms with E-state index in [-0.39, 0.29) is 24.4 Å². The Balaban J connectivity index is 2.16. The summed E-state index contributed by atoms with van der Waals surface area (Å²) in [4.78, 5) is 0. The van der Waals surface area contributed by atoms with E-state index in [9.17, 15) is 8.42 Å². The van der Waals surface area contributed by atoms with E-state index in [4.69, 9.17) is 9.47 Å². The summed E-state index contributed by atoms with van der Waals surface area (Å²) >= 11 is 0. The fourth-order valence-electron chi connectivity index (χ4n) is 2.66. The van der Waals surface area contributed by atoms with Crippen molar-refractivity contribution < 1.29 is 17.9 Å². The van der Waals surface area contributed by atoms with Crippen LogP contribution in [0, 0.1) is 0 Å². The molecule has 0 amide bonds. The Labute approximate surface area is 115 Å². The molecule has 0 bridgehead atoms. The summed E-state index contributed by atoms with van der Waals surface area (Å²) < 4.78 is 39.7. The third-order valence-electron chi connectivity index (χ3n) is 3.56. The minimum absolute atomic E-state index is 0.0538. The zero-order valence-electron chi connectivity index (χ0n) is 12.1. The molecule has 0 N–H and O–H groups in total. The van der Waals surface area contributed by atoms with E-state index in [0.717, 1.165) is 0 Å². The molecule has 2 aliphatic rings. The van der Waals surface area contributed by atoms with Crippen LogP contribution in [-0.4, -0.2) is 67.6 Å². The monoisotopic (exact) mass is 292 g/mol. The molecule has 6 nitrogen and oxygen atoms in total. The molecule has 4 atom stereocenters. The SMILES string of the molecule is C[C@@H]1CN(S(=O)(=O)N2C[C@@H](C)O[C@@H](C)C2)[C@H](C)CO1. The van der Waals surface area contributed by atoms with Gasteiger partial charge < -0.3 is 9.47 Å². The van der Waals surface area contributed by atoms with Gasteiger partial charge in [0.1, 0.15) is 0 Å². The number of morpholine rings is 2. The number of ether oxygens (including phenoxy) is 2. The highest BCUT2D eigenvalue weighted by atomic mass is 32.2. The number of nitrogens with zero attached hydrogens (tertiary/aromatic N) is 2. The van der Waals surface area contributed by atoms with Crippen molar-refractivity contribution in [2.45, 2.75) is 52.0 Å². The van der Waals surface area contributed by atoms with Gasteiger partial charge in [0, 0.05) is 25.7 Å². The molecule has 2 saturated heterocycles. The van der Waals surface area contributed by atoms with Gasteiger partial charge in [0.15, 0.2) is 0 Å². The molecule has 2 aliphatic heterocycles. The van der Waals surface area contributed by atoms with Crippen LogP contribution in [0.1, 0.15) is 27.7 Å². The van der Waals surface area contributed by atoms with Crippen molar-refractivity contribution in [2.24, 2.45) is 0 Å². The molecular formula is C12H24N2O4S. The zero-order valence-corrected chi connectivity index (χ0v) is 12.9.